The number of nitrogens with zero attached hydrogens (tertiary/aromatic N) is 1. The molecule has 9 heteroatoms. The quantitative estimate of drug-likeness (QED) is 0.423. The minimum absolute atomic E-state index is 0.0759. The number of rotatable bonds is 5. The van der Waals surface area contributed by atoms with Gasteiger partial charge in [0.1, 0.15) is 0 Å². The third-order valence-corrected chi connectivity index (χ3v) is 3.67. The van der Waals surface area contributed by atoms with Gasteiger partial charge in [0.25, 0.3) is 0 Å². The van der Waals surface area contributed by atoms with E-state index in [-0.39, 0.29) is 18.2 Å². The first kappa shape index (κ1) is 16.8. The van der Waals surface area contributed by atoms with Crippen LogP contribution in [0.15, 0.2) is 18.2 Å². The highest BCUT2D eigenvalue weighted by atomic mass is 19.1. The normalized spacial score (nSPS) is 16.3. The Bertz CT molecular complexity index is 658. The van der Waals surface area contributed by atoms with E-state index >= 15 is 0 Å². The summed E-state index contributed by atoms with van der Waals surface area (Å²) in [7, 11) is 0. The van der Waals surface area contributed by atoms with Gasteiger partial charge in [-0.3, -0.25) is 19.7 Å². The summed E-state index contributed by atoms with van der Waals surface area (Å²) in [5.41, 5.74) is -1.96. The van der Waals surface area contributed by atoms with E-state index in [1.165, 1.54) is 0 Å². The molecular weight excluding hydrogens is 309 g/mol. The van der Waals surface area contributed by atoms with Crippen LogP contribution < -0.4 is 10.6 Å². The SMILES string of the molecule is CC(O)(CNC(=O)C(=O)Nc1ccc(F)c([N+](=O)[O-])c1)C1CC1. The van der Waals surface area contributed by atoms with Crippen LogP contribution in [-0.2, 0) is 9.59 Å². The molecule has 0 spiro atoms. The number of hydrogen-bond acceptors (Lipinski definition) is 5. The molecule has 0 bridgehead atoms. The fraction of sp³-hybridized carbons (Fsp3) is 0.429. The van der Waals surface area contributed by atoms with Gasteiger partial charge in [0.05, 0.1) is 10.5 Å². The van der Waals surface area contributed by atoms with Crippen molar-refractivity contribution in [1.29, 1.82) is 0 Å². The third kappa shape index (κ3) is 4.22. The number of nitro benzene ring substituents is 1. The van der Waals surface area contributed by atoms with Gasteiger partial charge in [0, 0.05) is 18.3 Å². The van der Waals surface area contributed by atoms with E-state index < -0.39 is 33.8 Å². The maximum atomic E-state index is 13.2. The van der Waals surface area contributed by atoms with Gasteiger partial charge in [-0.25, -0.2) is 0 Å². The largest absolute Gasteiger partial charge is 0.388 e. The van der Waals surface area contributed by atoms with Crippen molar-refractivity contribution >= 4 is 23.2 Å². The van der Waals surface area contributed by atoms with Crippen molar-refractivity contribution in [3.05, 3.63) is 34.1 Å². The highest BCUT2D eigenvalue weighted by Gasteiger charge is 2.40. The summed E-state index contributed by atoms with van der Waals surface area (Å²) in [4.78, 5) is 33.1. The van der Waals surface area contributed by atoms with Crippen molar-refractivity contribution < 1.29 is 24.0 Å². The molecule has 1 atom stereocenters. The molecule has 0 aliphatic heterocycles. The molecular formula is C14H16FN3O5. The number of carbonyl (C=O) groups is 2. The van der Waals surface area contributed by atoms with Crippen LogP contribution in [-0.4, -0.2) is 34.0 Å². The number of nitro groups is 1. The van der Waals surface area contributed by atoms with Crippen molar-refractivity contribution in [3.63, 3.8) is 0 Å². The van der Waals surface area contributed by atoms with Gasteiger partial charge in [-0.1, -0.05) is 0 Å². The predicted octanol–water partition coefficient (Wildman–Crippen LogP) is 0.950. The van der Waals surface area contributed by atoms with Crippen molar-refractivity contribution in [2.75, 3.05) is 11.9 Å². The van der Waals surface area contributed by atoms with Crippen LogP contribution in [0.25, 0.3) is 0 Å². The lowest BCUT2D eigenvalue weighted by Crippen LogP contribution is -2.45. The van der Waals surface area contributed by atoms with Crippen LogP contribution in [0.4, 0.5) is 15.8 Å². The van der Waals surface area contributed by atoms with Gasteiger partial charge >= 0.3 is 17.5 Å². The molecule has 1 fully saturated rings. The first-order chi connectivity index (χ1) is 10.7. The van der Waals surface area contributed by atoms with Crippen LogP contribution in [0.5, 0.6) is 0 Å². The Morgan fingerprint density at radius 1 is 1.43 bits per heavy atom. The Kier molecular flexibility index (Phi) is 4.60. The van der Waals surface area contributed by atoms with Crippen molar-refractivity contribution in [2.45, 2.75) is 25.4 Å². The number of nitrogens with one attached hydrogen (secondary N) is 2. The van der Waals surface area contributed by atoms with Gasteiger partial charge in [-0.15, -0.1) is 0 Å². The summed E-state index contributed by atoms with van der Waals surface area (Å²) in [6.07, 6.45) is 1.74. The minimum atomic E-state index is -1.08. The summed E-state index contributed by atoms with van der Waals surface area (Å²) in [6.45, 7) is 1.50. The molecule has 1 aromatic carbocycles. The Hall–Kier alpha value is -2.55. The van der Waals surface area contributed by atoms with Crippen molar-refractivity contribution in [1.82, 2.24) is 5.32 Å². The van der Waals surface area contributed by atoms with E-state index in [0.29, 0.717) is 0 Å². The Labute approximate surface area is 130 Å². The molecule has 0 saturated heterocycles. The topological polar surface area (TPSA) is 122 Å². The van der Waals surface area contributed by atoms with E-state index in [4.69, 9.17) is 0 Å². The summed E-state index contributed by atoms with van der Waals surface area (Å²) in [5.74, 6) is -2.99. The molecule has 1 aliphatic carbocycles. The van der Waals surface area contributed by atoms with E-state index in [0.717, 1.165) is 31.0 Å². The van der Waals surface area contributed by atoms with Crippen LogP contribution in [0.3, 0.4) is 0 Å². The number of amides is 2. The average molecular weight is 325 g/mol. The number of aliphatic hydroxyl groups is 1. The Balaban J connectivity index is 1.94. The number of hydrogen-bond donors (Lipinski definition) is 3. The molecule has 1 unspecified atom stereocenters. The van der Waals surface area contributed by atoms with E-state index in [1.807, 2.05) is 0 Å². The van der Waals surface area contributed by atoms with Crippen LogP contribution in [0, 0.1) is 21.8 Å². The smallest absolute Gasteiger partial charge is 0.313 e. The Morgan fingerprint density at radius 3 is 2.65 bits per heavy atom. The zero-order chi connectivity index (χ0) is 17.2. The molecule has 1 saturated carbocycles. The van der Waals surface area contributed by atoms with Gasteiger partial charge in [0.2, 0.25) is 5.82 Å². The molecule has 2 rings (SSSR count). The number of halogens is 1. The van der Waals surface area contributed by atoms with Gasteiger partial charge in [-0.2, -0.15) is 4.39 Å². The second-order valence-electron chi connectivity index (χ2n) is 5.69. The molecule has 23 heavy (non-hydrogen) atoms. The lowest BCUT2D eigenvalue weighted by atomic mass is 10.0. The summed E-state index contributed by atoms with van der Waals surface area (Å²) < 4.78 is 13.2. The van der Waals surface area contributed by atoms with Gasteiger partial charge < -0.3 is 15.7 Å². The lowest BCUT2D eigenvalue weighted by Gasteiger charge is -2.22. The van der Waals surface area contributed by atoms with Crippen molar-refractivity contribution in [2.24, 2.45) is 5.92 Å². The second-order valence-corrected chi connectivity index (χ2v) is 5.69. The summed E-state index contributed by atoms with van der Waals surface area (Å²) in [6, 6.07) is 2.75. The lowest BCUT2D eigenvalue weighted by molar-refractivity contribution is -0.387. The fourth-order valence-corrected chi connectivity index (χ4v) is 2.11. The third-order valence-electron chi connectivity index (χ3n) is 3.67. The molecule has 1 aliphatic rings. The molecule has 8 nitrogen and oxygen atoms in total. The number of anilines is 1. The fourth-order valence-electron chi connectivity index (χ4n) is 2.11. The maximum absolute atomic E-state index is 13.2. The van der Waals surface area contributed by atoms with E-state index in [1.54, 1.807) is 6.92 Å². The van der Waals surface area contributed by atoms with Gasteiger partial charge in [0.15, 0.2) is 0 Å². The first-order valence-corrected chi connectivity index (χ1v) is 6.96. The highest BCUT2D eigenvalue weighted by molar-refractivity contribution is 6.39. The number of carbonyl (C=O) groups excluding carboxylic acids is 2. The van der Waals surface area contributed by atoms with Gasteiger partial charge in [-0.05, 0) is 37.8 Å². The first-order valence-electron chi connectivity index (χ1n) is 6.96. The predicted molar refractivity (Wildman–Crippen MR) is 78.0 cm³/mol. The second kappa shape index (κ2) is 6.29. The molecule has 124 valence electrons. The standard InChI is InChI=1S/C14H16FN3O5/c1-14(21,8-2-3-8)7-16-12(19)13(20)17-9-4-5-10(15)11(6-9)18(22)23/h4-6,8,21H,2-3,7H2,1H3,(H,16,19)(H,17,20). The zero-order valence-corrected chi connectivity index (χ0v) is 12.3. The van der Waals surface area contributed by atoms with Crippen molar-refractivity contribution in [3.8, 4) is 0 Å². The monoisotopic (exact) mass is 325 g/mol. The molecule has 3 N–H and O–H groups in total. The van der Waals surface area contributed by atoms with E-state index in [2.05, 4.69) is 10.6 Å². The minimum Gasteiger partial charge on any atom is -0.388 e. The number of benzene rings is 1. The van der Waals surface area contributed by atoms with Crippen LogP contribution >= 0.6 is 0 Å². The van der Waals surface area contributed by atoms with Crippen LogP contribution in [0.1, 0.15) is 19.8 Å². The molecule has 2 amide bonds. The molecule has 0 heterocycles. The highest BCUT2D eigenvalue weighted by Crippen LogP contribution is 2.38. The summed E-state index contributed by atoms with van der Waals surface area (Å²) in [5, 5.41) is 25.1. The zero-order valence-electron chi connectivity index (χ0n) is 12.3. The Morgan fingerprint density at radius 2 is 2.09 bits per heavy atom. The molecule has 0 aromatic heterocycles. The molecule has 1 aromatic rings. The maximum Gasteiger partial charge on any atom is 0.313 e. The molecule has 0 radical (unpaired) electrons. The average Bonchev–Trinajstić information content (AvgIpc) is 3.31. The van der Waals surface area contributed by atoms with E-state index in [9.17, 15) is 29.2 Å². The van der Waals surface area contributed by atoms with Crippen LogP contribution in [0.2, 0.25) is 0 Å². The summed E-state index contributed by atoms with van der Waals surface area (Å²) >= 11 is 0.